The number of hydrogen-bond acceptors (Lipinski definition) is 3. The number of nitrogens with zero attached hydrogens (tertiary/aromatic N) is 3. The Morgan fingerprint density at radius 3 is 2.84 bits per heavy atom. The Bertz CT molecular complexity index is 700. The molecule has 2 heterocycles. The molecule has 0 aliphatic heterocycles. The van der Waals surface area contributed by atoms with Gasteiger partial charge in [0.05, 0.1) is 5.52 Å². The maximum Gasteiger partial charge on any atom is 0.207 e. The van der Waals surface area contributed by atoms with Gasteiger partial charge in [-0.25, -0.2) is 4.98 Å². The highest BCUT2D eigenvalue weighted by atomic mass is 15.2. The molecule has 0 radical (unpaired) electrons. The summed E-state index contributed by atoms with van der Waals surface area (Å²) in [6.45, 7) is 4.20. The van der Waals surface area contributed by atoms with Gasteiger partial charge in [0.25, 0.3) is 0 Å². The second-order valence-electron chi connectivity index (χ2n) is 4.80. The fourth-order valence-electron chi connectivity index (χ4n) is 2.09. The van der Waals surface area contributed by atoms with Crippen LogP contribution in [-0.2, 0) is 0 Å². The molecule has 0 unspecified atom stereocenters. The first kappa shape index (κ1) is 11.7. The van der Waals surface area contributed by atoms with Crippen molar-refractivity contribution in [3.05, 3.63) is 48.9 Å². The molecule has 0 saturated heterocycles. The number of pyridine rings is 1. The number of fused-ring (bicyclic) bond motifs is 1. The van der Waals surface area contributed by atoms with Gasteiger partial charge in [-0.15, -0.1) is 0 Å². The molecule has 4 nitrogen and oxygen atoms in total. The van der Waals surface area contributed by atoms with E-state index in [0.29, 0.717) is 6.04 Å². The summed E-state index contributed by atoms with van der Waals surface area (Å²) in [5.74, 6) is 0.859. The normalized spacial score (nSPS) is 11.1. The van der Waals surface area contributed by atoms with E-state index < -0.39 is 0 Å². The van der Waals surface area contributed by atoms with Crippen molar-refractivity contribution in [2.45, 2.75) is 19.9 Å². The number of hydrogen-bond donors (Lipinski definition) is 1. The molecule has 0 spiro atoms. The predicted molar refractivity (Wildman–Crippen MR) is 77.6 cm³/mol. The first-order valence-corrected chi connectivity index (χ1v) is 6.39. The van der Waals surface area contributed by atoms with Crippen molar-refractivity contribution in [3.8, 4) is 5.69 Å². The minimum absolute atomic E-state index is 0.350. The summed E-state index contributed by atoms with van der Waals surface area (Å²) in [4.78, 5) is 8.68. The van der Waals surface area contributed by atoms with E-state index >= 15 is 0 Å². The van der Waals surface area contributed by atoms with E-state index in [-0.39, 0.29) is 0 Å². The van der Waals surface area contributed by atoms with Gasteiger partial charge in [0.2, 0.25) is 5.95 Å². The van der Waals surface area contributed by atoms with Crippen LogP contribution in [-0.4, -0.2) is 20.6 Å². The molecule has 4 heteroatoms. The van der Waals surface area contributed by atoms with Crippen LogP contribution in [0.25, 0.3) is 16.6 Å². The molecule has 0 amide bonds. The molecule has 0 atom stereocenters. The summed E-state index contributed by atoms with van der Waals surface area (Å²) in [6, 6.07) is 10.6. The lowest BCUT2D eigenvalue weighted by Gasteiger charge is -2.12. The minimum atomic E-state index is 0.350. The van der Waals surface area contributed by atoms with Crippen molar-refractivity contribution in [1.29, 1.82) is 0 Å². The van der Waals surface area contributed by atoms with Crippen LogP contribution in [0.3, 0.4) is 0 Å². The number of aromatic nitrogens is 3. The molecular weight excluding hydrogens is 236 g/mol. The zero-order valence-corrected chi connectivity index (χ0v) is 11.0. The van der Waals surface area contributed by atoms with Crippen LogP contribution in [0.1, 0.15) is 13.8 Å². The van der Waals surface area contributed by atoms with Gasteiger partial charge in [-0.2, -0.15) is 0 Å². The van der Waals surface area contributed by atoms with Crippen LogP contribution < -0.4 is 5.32 Å². The zero-order chi connectivity index (χ0) is 13.2. The molecule has 96 valence electrons. The van der Waals surface area contributed by atoms with Crippen LogP contribution in [0.5, 0.6) is 0 Å². The van der Waals surface area contributed by atoms with E-state index in [0.717, 1.165) is 22.5 Å². The first-order valence-electron chi connectivity index (χ1n) is 6.39. The molecule has 0 saturated carbocycles. The minimum Gasteiger partial charge on any atom is -0.353 e. The molecule has 0 aliphatic rings. The van der Waals surface area contributed by atoms with E-state index in [4.69, 9.17) is 0 Å². The molecular formula is C15H16N4. The Kier molecular flexibility index (Phi) is 2.91. The summed E-state index contributed by atoms with van der Waals surface area (Å²) in [5, 5.41) is 4.47. The highest BCUT2D eigenvalue weighted by Crippen LogP contribution is 2.19. The summed E-state index contributed by atoms with van der Waals surface area (Å²) in [7, 11) is 0. The van der Waals surface area contributed by atoms with Crippen molar-refractivity contribution in [1.82, 2.24) is 14.5 Å². The zero-order valence-electron chi connectivity index (χ0n) is 11.0. The predicted octanol–water partition coefficient (Wildman–Crippen LogP) is 3.24. The second-order valence-corrected chi connectivity index (χ2v) is 4.80. The van der Waals surface area contributed by atoms with Crippen LogP contribution >= 0.6 is 0 Å². The lowest BCUT2D eigenvalue weighted by molar-refractivity contribution is 0.864. The van der Waals surface area contributed by atoms with Gasteiger partial charge in [0.1, 0.15) is 0 Å². The standard InChI is InChI=1S/C15H16N4/c1-11(2)18-15-17-8-9-19(15)13-5-6-14-12(10-13)4-3-7-16-14/h3-11H,1-2H3,(H,17,18). The maximum atomic E-state index is 4.35. The van der Waals surface area contributed by atoms with E-state index in [9.17, 15) is 0 Å². The SMILES string of the molecule is CC(C)Nc1nccn1-c1ccc2ncccc2c1. The third kappa shape index (κ3) is 2.29. The largest absolute Gasteiger partial charge is 0.353 e. The highest BCUT2D eigenvalue weighted by Gasteiger charge is 2.06. The first-order chi connectivity index (χ1) is 9.24. The van der Waals surface area contributed by atoms with Crippen molar-refractivity contribution < 1.29 is 0 Å². The van der Waals surface area contributed by atoms with Crippen LogP contribution in [0.4, 0.5) is 5.95 Å². The summed E-state index contributed by atoms with van der Waals surface area (Å²) in [5.41, 5.74) is 2.09. The van der Waals surface area contributed by atoms with Gasteiger partial charge in [0, 0.05) is 35.7 Å². The Morgan fingerprint density at radius 2 is 2.00 bits per heavy atom. The lowest BCUT2D eigenvalue weighted by atomic mass is 10.2. The van der Waals surface area contributed by atoms with Crippen molar-refractivity contribution >= 4 is 16.9 Å². The van der Waals surface area contributed by atoms with Gasteiger partial charge >= 0.3 is 0 Å². The summed E-state index contributed by atoms with van der Waals surface area (Å²) >= 11 is 0. The molecule has 2 aromatic heterocycles. The number of nitrogens with one attached hydrogen (secondary N) is 1. The van der Waals surface area contributed by atoms with Crippen LogP contribution in [0.15, 0.2) is 48.9 Å². The summed E-state index contributed by atoms with van der Waals surface area (Å²) < 4.78 is 2.05. The molecule has 0 aliphatic carbocycles. The van der Waals surface area contributed by atoms with E-state index in [1.807, 2.05) is 29.1 Å². The Morgan fingerprint density at radius 1 is 1.11 bits per heavy atom. The van der Waals surface area contributed by atoms with Crippen molar-refractivity contribution in [2.24, 2.45) is 0 Å². The van der Waals surface area contributed by atoms with Gasteiger partial charge in [-0.1, -0.05) is 6.07 Å². The van der Waals surface area contributed by atoms with E-state index in [2.05, 4.69) is 47.3 Å². The van der Waals surface area contributed by atoms with Crippen molar-refractivity contribution in [2.75, 3.05) is 5.32 Å². The van der Waals surface area contributed by atoms with Gasteiger partial charge in [-0.05, 0) is 38.1 Å². The molecule has 1 aromatic carbocycles. The number of rotatable bonds is 3. The number of anilines is 1. The Hall–Kier alpha value is -2.36. The highest BCUT2D eigenvalue weighted by molar-refractivity contribution is 5.80. The second kappa shape index (κ2) is 4.72. The van der Waals surface area contributed by atoms with Crippen LogP contribution in [0, 0.1) is 0 Å². The van der Waals surface area contributed by atoms with E-state index in [1.54, 1.807) is 6.20 Å². The van der Waals surface area contributed by atoms with E-state index in [1.165, 1.54) is 0 Å². The van der Waals surface area contributed by atoms with Gasteiger partial charge in [0.15, 0.2) is 0 Å². The fourth-order valence-corrected chi connectivity index (χ4v) is 2.09. The Labute approximate surface area is 112 Å². The molecule has 1 N–H and O–H groups in total. The third-order valence-corrected chi connectivity index (χ3v) is 2.92. The molecule has 0 bridgehead atoms. The molecule has 0 fully saturated rings. The molecule has 19 heavy (non-hydrogen) atoms. The quantitative estimate of drug-likeness (QED) is 0.778. The van der Waals surface area contributed by atoms with Crippen LogP contribution in [0.2, 0.25) is 0 Å². The number of imidazole rings is 1. The van der Waals surface area contributed by atoms with Gasteiger partial charge in [-0.3, -0.25) is 9.55 Å². The topological polar surface area (TPSA) is 42.7 Å². The maximum absolute atomic E-state index is 4.35. The van der Waals surface area contributed by atoms with Gasteiger partial charge < -0.3 is 5.32 Å². The molecule has 3 aromatic rings. The average Bonchev–Trinajstić information content (AvgIpc) is 2.85. The smallest absolute Gasteiger partial charge is 0.207 e. The molecule has 3 rings (SSSR count). The average molecular weight is 252 g/mol. The number of benzene rings is 1. The summed E-state index contributed by atoms with van der Waals surface area (Å²) in [6.07, 6.45) is 5.57. The monoisotopic (exact) mass is 252 g/mol. The Balaban J connectivity index is 2.06. The van der Waals surface area contributed by atoms with Crippen molar-refractivity contribution in [3.63, 3.8) is 0 Å². The third-order valence-electron chi connectivity index (χ3n) is 2.92. The lowest BCUT2D eigenvalue weighted by Crippen LogP contribution is -2.13. The fraction of sp³-hybridized carbons (Fsp3) is 0.200.